The van der Waals surface area contributed by atoms with Gasteiger partial charge in [0.2, 0.25) is 0 Å². The van der Waals surface area contributed by atoms with Crippen molar-refractivity contribution >= 4 is 30.1 Å². The van der Waals surface area contributed by atoms with E-state index in [9.17, 15) is 18.0 Å². The number of carbonyl (C=O) groups is 2. The van der Waals surface area contributed by atoms with E-state index in [4.69, 9.17) is 15.6 Å². The first-order valence-electron chi connectivity index (χ1n) is 18.9. The molecule has 5 rings (SSSR count). The van der Waals surface area contributed by atoms with Crippen molar-refractivity contribution in [2.45, 2.75) is 72.9 Å². The zero-order valence-corrected chi connectivity index (χ0v) is 34.8. The summed E-state index contributed by atoms with van der Waals surface area (Å²) in [6.07, 6.45) is 8.28. The number of nitrogens with two attached hydrogens (primary N) is 1. The molecule has 56 heavy (non-hydrogen) atoms. The quantitative estimate of drug-likeness (QED) is 0.0658. The first kappa shape index (κ1) is 53.1. The van der Waals surface area contributed by atoms with Crippen molar-refractivity contribution in [3.8, 4) is 11.8 Å². The van der Waals surface area contributed by atoms with Crippen molar-refractivity contribution in [1.82, 2.24) is 9.80 Å². The number of hydrogen-bond donors (Lipinski definition) is 3. The van der Waals surface area contributed by atoms with Gasteiger partial charge in [-0.2, -0.15) is 0 Å². The maximum atomic E-state index is 14.9. The second kappa shape index (κ2) is 33.3. The fourth-order valence-corrected chi connectivity index (χ4v) is 5.76. The third-order valence-corrected chi connectivity index (χ3v) is 8.26. The zero-order chi connectivity index (χ0) is 42.9. The fourth-order valence-electron chi connectivity index (χ4n) is 5.76. The van der Waals surface area contributed by atoms with Crippen LogP contribution in [0.4, 0.5) is 18.9 Å². The van der Waals surface area contributed by atoms with Gasteiger partial charge in [0.05, 0.1) is 27.2 Å². The Bertz CT molecular complexity index is 1590. The van der Waals surface area contributed by atoms with Crippen molar-refractivity contribution < 1.29 is 22.8 Å². The molecule has 11 heteroatoms. The zero-order valence-electron chi connectivity index (χ0n) is 34.8. The number of allylic oxidation sites excluding steroid dienone is 1. The Balaban J connectivity index is 0. The summed E-state index contributed by atoms with van der Waals surface area (Å²) in [6, 6.07) is 23.0. The number of para-hydroxylation sites is 1. The van der Waals surface area contributed by atoms with E-state index in [1.807, 2.05) is 80.6 Å². The lowest BCUT2D eigenvalue weighted by atomic mass is 9.97. The number of amidine groups is 1. The molecule has 1 fully saturated rings. The number of rotatable bonds is 9. The largest absolute Gasteiger partial charge is 0.333 e. The molecule has 0 bridgehead atoms. The van der Waals surface area contributed by atoms with E-state index in [1.165, 1.54) is 25.9 Å². The molecule has 0 aliphatic carbocycles. The Morgan fingerprint density at radius 2 is 1.62 bits per heavy atom. The summed E-state index contributed by atoms with van der Waals surface area (Å²) < 4.78 is 33.9. The summed E-state index contributed by atoms with van der Waals surface area (Å²) in [7, 11) is 4.24. The lowest BCUT2D eigenvalue weighted by Crippen LogP contribution is -2.34. The lowest BCUT2D eigenvalue weighted by Gasteiger charge is -2.30. The number of piperidine rings is 1. The van der Waals surface area contributed by atoms with E-state index in [0.29, 0.717) is 56.0 Å². The Labute approximate surface area is 335 Å². The molecule has 8 nitrogen and oxygen atoms in total. The van der Waals surface area contributed by atoms with Gasteiger partial charge in [0.25, 0.3) is 5.91 Å². The van der Waals surface area contributed by atoms with Gasteiger partial charge < -0.3 is 15.5 Å². The van der Waals surface area contributed by atoms with Crippen LogP contribution in [0, 0.1) is 40.3 Å². The first-order chi connectivity index (χ1) is 27.2. The van der Waals surface area contributed by atoms with Crippen LogP contribution in [0.15, 0.2) is 85.5 Å². The Morgan fingerprint density at radius 1 is 1.05 bits per heavy atom. The highest BCUT2D eigenvalue weighted by Crippen LogP contribution is 2.31. The molecule has 0 spiro atoms. The van der Waals surface area contributed by atoms with Gasteiger partial charge in [-0.05, 0) is 80.4 Å². The van der Waals surface area contributed by atoms with Gasteiger partial charge in [0.1, 0.15) is 17.9 Å². The molecule has 1 amide bonds. The molecule has 2 atom stereocenters. The number of fused-ring (bicyclic) bond motifs is 1. The van der Waals surface area contributed by atoms with Crippen LogP contribution in [-0.2, 0) is 17.9 Å². The molecular weight excluding hydrogens is 714 g/mol. The minimum Gasteiger partial charge on any atom is -0.333 e. The number of halogens is 3. The first-order valence-corrected chi connectivity index (χ1v) is 18.9. The number of anilines is 1. The van der Waals surface area contributed by atoms with Crippen molar-refractivity contribution in [3.05, 3.63) is 114 Å². The van der Waals surface area contributed by atoms with Crippen LogP contribution < -0.4 is 10.6 Å². The number of carbonyl (C=O) groups excluding carboxylic acids is 2. The second-order valence-corrected chi connectivity index (χ2v) is 12.2. The Kier molecular flexibility index (Phi) is 31.5. The van der Waals surface area contributed by atoms with Crippen LogP contribution in [0.2, 0.25) is 0 Å². The molecule has 4 N–H and O–H groups in total. The molecule has 3 aromatic carbocycles. The second-order valence-electron chi connectivity index (χ2n) is 12.2. The molecular formula is C45H65F3N6O2. The van der Waals surface area contributed by atoms with Gasteiger partial charge in [-0.15, -0.1) is 0 Å². The molecule has 2 aliphatic heterocycles. The topological polar surface area (TPSA) is 118 Å². The molecule has 0 aromatic heterocycles. The third kappa shape index (κ3) is 19.5. The van der Waals surface area contributed by atoms with Crippen LogP contribution in [0.5, 0.6) is 0 Å². The highest BCUT2D eigenvalue weighted by molar-refractivity contribution is 6.10. The third-order valence-electron chi connectivity index (χ3n) is 8.26. The van der Waals surface area contributed by atoms with Gasteiger partial charge in [0.15, 0.2) is 0 Å². The van der Waals surface area contributed by atoms with Crippen LogP contribution in [0.25, 0.3) is 0 Å². The smallest absolute Gasteiger partial charge is 0.259 e. The molecule has 2 unspecified atom stereocenters. The normalized spacial score (nSPS) is 13.8. The van der Waals surface area contributed by atoms with Gasteiger partial charge in [-0.1, -0.05) is 95.4 Å². The number of nitrogens with one attached hydrogen (secondary N) is 2. The van der Waals surface area contributed by atoms with Crippen LogP contribution in [-0.4, -0.2) is 75.7 Å². The molecule has 308 valence electrons. The predicted molar refractivity (Wildman–Crippen MR) is 229 cm³/mol. The average Bonchev–Trinajstić information content (AvgIpc) is 3.60. The fraction of sp³-hybridized carbons (Fsp3) is 0.422. The van der Waals surface area contributed by atoms with Crippen molar-refractivity contribution in [3.63, 3.8) is 0 Å². The molecule has 2 aliphatic rings. The van der Waals surface area contributed by atoms with Crippen LogP contribution >= 0.6 is 0 Å². The van der Waals surface area contributed by atoms with Crippen LogP contribution in [0.1, 0.15) is 86.8 Å². The van der Waals surface area contributed by atoms with Gasteiger partial charge in [-0.25, -0.2) is 4.39 Å². The number of amides is 1. The summed E-state index contributed by atoms with van der Waals surface area (Å²) in [6.45, 7) is 14.2. The van der Waals surface area contributed by atoms with E-state index < -0.39 is 0 Å². The predicted octanol–water partition coefficient (Wildman–Crippen LogP) is 9.72. The molecule has 3 aromatic rings. The van der Waals surface area contributed by atoms with E-state index >= 15 is 0 Å². The molecule has 0 saturated carbocycles. The highest BCUT2D eigenvalue weighted by Gasteiger charge is 2.31. The number of nitrogens with zero attached hydrogens (tertiary/aromatic N) is 3. The van der Waals surface area contributed by atoms with E-state index in [-0.39, 0.29) is 18.3 Å². The monoisotopic (exact) mass is 779 g/mol. The summed E-state index contributed by atoms with van der Waals surface area (Å²) >= 11 is 0. The SMILES string of the molecule is C=CC=O.CC.CCCC(C)CC(=N)N(C)C=N.CF.CF.CN.O=C1c2cc(CN3CCCC(C#Cc4ccccc4)C3)cc(F)c2CN1c1ccccc1. The van der Waals surface area contributed by atoms with Gasteiger partial charge >= 0.3 is 0 Å². The number of aldehydes is 1. The minimum atomic E-state index is -0.290. The van der Waals surface area contributed by atoms with Crippen LogP contribution in [0.3, 0.4) is 0 Å². The summed E-state index contributed by atoms with van der Waals surface area (Å²) in [5.41, 5.74) is 8.16. The average molecular weight is 779 g/mol. The molecule has 0 radical (unpaired) electrons. The molecule has 1 saturated heterocycles. The highest BCUT2D eigenvalue weighted by atomic mass is 19.1. The maximum Gasteiger partial charge on any atom is 0.259 e. The number of benzene rings is 3. The Hall–Kier alpha value is -5.05. The number of likely N-dealkylation sites (tertiary alicyclic amines) is 1. The van der Waals surface area contributed by atoms with E-state index in [2.05, 4.69) is 42.9 Å². The van der Waals surface area contributed by atoms with Crippen molar-refractivity contribution in [2.24, 2.45) is 17.6 Å². The standard InChI is InChI=1S/C28H25FN2O.C9H19N3.C3H4O.C2H6.2CH3F.CH5N/c29-27-17-23(16-25-26(27)20-31(28(25)32)24-11-5-2-6-12-24)19-30-15-7-10-22(18-30)14-13-21-8-3-1-4-9-21;1-4-5-8(2)6-9(11)12(3)7-10;1-2-3-4;4*1-2/h1-6,8-9,11-12,16-17,22H,7,10,15,18-20H2;7-8,10-11H,4-6H2,1-3H3;2-3H,1H2;1-2H3;2*1H3;2H2,1H3. The van der Waals surface area contributed by atoms with Gasteiger partial charge in [-0.3, -0.25) is 34.1 Å². The van der Waals surface area contributed by atoms with E-state index in [1.54, 1.807) is 22.9 Å². The Morgan fingerprint density at radius 3 is 2.16 bits per heavy atom. The summed E-state index contributed by atoms with van der Waals surface area (Å²) in [4.78, 5) is 27.6. The van der Waals surface area contributed by atoms with E-state index in [0.717, 1.165) is 55.6 Å². The maximum absolute atomic E-state index is 14.9. The number of alkyl halides is 2. The van der Waals surface area contributed by atoms with Gasteiger partial charge in [0, 0.05) is 54.9 Å². The van der Waals surface area contributed by atoms with Crippen molar-refractivity contribution in [2.75, 3.05) is 46.4 Å². The minimum absolute atomic E-state index is 0.128. The van der Waals surface area contributed by atoms with Crippen molar-refractivity contribution in [1.29, 1.82) is 10.8 Å². The molecule has 2 heterocycles. The summed E-state index contributed by atoms with van der Waals surface area (Å²) in [5.74, 6) is 7.67. The number of hydrogen-bond acceptors (Lipinski definition) is 6. The summed E-state index contributed by atoms with van der Waals surface area (Å²) in [5, 5.41) is 14.5. The lowest BCUT2D eigenvalue weighted by molar-refractivity contribution is -0.104.